The minimum Gasteiger partial charge on any atom is -0.497 e. The van der Waals surface area contributed by atoms with Crippen LogP contribution in [0.4, 0.5) is 5.95 Å². The Morgan fingerprint density at radius 2 is 1.76 bits per heavy atom. The van der Waals surface area contributed by atoms with E-state index in [0.29, 0.717) is 5.69 Å². The van der Waals surface area contributed by atoms with Gasteiger partial charge in [0.25, 0.3) is 5.56 Å². The Kier molecular flexibility index (Phi) is 4.66. The van der Waals surface area contributed by atoms with E-state index in [2.05, 4.69) is 11.1 Å². The van der Waals surface area contributed by atoms with Gasteiger partial charge in [-0.3, -0.25) is 9.36 Å². The van der Waals surface area contributed by atoms with Gasteiger partial charge in [-0.05, 0) is 41.0 Å². The van der Waals surface area contributed by atoms with Crippen LogP contribution in [0.2, 0.25) is 0 Å². The van der Waals surface area contributed by atoms with Crippen molar-refractivity contribution in [2.45, 2.75) is 0 Å². The summed E-state index contributed by atoms with van der Waals surface area (Å²) in [5.74, 6) is 1.01. The molecular weight excluding hydrogens is 314 g/mol. The molecule has 5 heteroatoms. The number of anilines is 1. The van der Waals surface area contributed by atoms with E-state index >= 15 is 0 Å². The van der Waals surface area contributed by atoms with Gasteiger partial charge < -0.3 is 10.5 Å². The van der Waals surface area contributed by atoms with Crippen molar-refractivity contribution >= 4 is 18.1 Å². The van der Waals surface area contributed by atoms with Crippen LogP contribution >= 0.6 is 0 Å². The third-order valence-corrected chi connectivity index (χ3v) is 3.93. The highest BCUT2D eigenvalue weighted by atomic mass is 16.5. The van der Waals surface area contributed by atoms with Crippen LogP contribution in [0.5, 0.6) is 5.75 Å². The fraction of sp³-hybridized carbons (Fsp3) is 0.100. The summed E-state index contributed by atoms with van der Waals surface area (Å²) in [4.78, 5) is 16.0. The molecule has 0 atom stereocenters. The third-order valence-electron chi connectivity index (χ3n) is 3.93. The van der Waals surface area contributed by atoms with Crippen LogP contribution in [0.1, 0.15) is 11.3 Å². The summed E-state index contributed by atoms with van der Waals surface area (Å²) in [5, 5.41) is 0. The topological polar surface area (TPSA) is 70.1 Å². The number of hydrogen-bond donors (Lipinski definition) is 1. The predicted molar refractivity (Wildman–Crippen MR) is 101 cm³/mol. The number of aromatic nitrogens is 2. The quantitative estimate of drug-likeness (QED) is 0.796. The smallest absolute Gasteiger partial charge is 0.255 e. The molecule has 0 radical (unpaired) electrons. The number of benzene rings is 2. The third kappa shape index (κ3) is 3.77. The van der Waals surface area contributed by atoms with Crippen molar-refractivity contribution in [1.29, 1.82) is 0 Å². The lowest BCUT2D eigenvalue weighted by Crippen LogP contribution is -2.20. The number of nitrogens with two attached hydrogens (primary N) is 1. The maximum absolute atomic E-state index is 11.8. The van der Waals surface area contributed by atoms with Crippen molar-refractivity contribution in [3.8, 4) is 16.9 Å². The number of hydrogen-bond acceptors (Lipinski definition) is 4. The molecule has 3 aromatic rings. The van der Waals surface area contributed by atoms with Crippen LogP contribution in [0.3, 0.4) is 0 Å². The molecule has 0 amide bonds. The Labute approximate surface area is 146 Å². The van der Waals surface area contributed by atoms with E-state index in [0.717, 1.165) is 22.4 Å². The second-order valence-corrected chi connectivity index (χ2v) is 5.63. The molecule has 0 fully saturated rings. The van der Waals surface area contributed by atoms with Crippen LogP contribution in [0.25, 0.3) is 23.3 Å². The zero-order valence-corrected chi connectivity index (χ0v) is 14.1. The second kappa shape index (κ2) is 7.05. The van der Waals surface area contributed by atoms with Crippen molar-refractivity contribution in [1.82, 2.24) is 9.55 Å². The Balaban J connectivity index is 1.90. The standard InChI is InChI=1S/C20H19N3O2/c1-23-19(24)13-17(22-20(23)21)10-9-14-5-3-6-15(11-14)16-7-4-8-18(12-16)25-2/h3-13H,1-2H3,(H2,21,22). The number of nitrogens with zero attached hydrogens (tertiary/aromatic N) is 2. The Morgan fingerprint density at radius 3 is 2.48 bits per heavy atom. The van der Waals surface area contributed by atoms with Crippen LogP contribution in [0, 0.1) is 0 Å². The molecule has 5 nitrogen and oxygen atoms in total. The van der Waals surface area contributed by atoms with Crippen molar-refractivity contribution in [2.75, 3.05) is 12.8 Å². The van der Waals surface area contributed by atoms with E-state index in [9.17, 15) is 4.79 Å². The lowest BCUT2D eigenvalue weighted by atomic mass is 10.0. The summed E-state index contributed by atoms with van der Waals surface area (Å²) in [6.07, 6.45) is 3.69. The first-order chi connectivity index (χ1) is 12.1. The number of nitrogen functional groups attached to an aromatic ring is 1. The zero-order valence-electron chi connectivity index (χ0n) is 14.1. The molecular formula is C20H19N3O2. The molecule has 1 aromatic heterocycles. The maximum Gasteiger partial charge on any atom is 0.255 e. The average molecular weight is 333 g/mol. The largest absolute Gasteiger partial charge is 0.497 e. The minimum absolute atomic E-state index is 0.183. The molecule has 0 bridgehead atoms. The monoisotopic (exact) mass is 333 g/mol. The first-order valence-corrected chi connectivity index (χ1v) is 7.83. The Morgan fingerprint density at radius 1 is 1.04 bits per heavy atom. The Hall–Kier alpha value is -3.34. The number of ether oxygens (including phenoxy) is 1. The molecule has 126 valence electrons. The van der Waals surface area contributed by atoms with E-state index in [4.69, 9.17) is 10.5 Å². The molecule has 2 aromatic carbocycles. The molecule has 0 spiro atoms. The van der Waals surface area contributed by atoms with Gasteiger partial charge in [0.05, 0.1) is 12.8 Å². The lowest BCUT2D eigenvalue weighted by molar-refractivity contribution is 0.415. The van der Waals surface area contributed by atoms with Crippen LogP contribution in [0.15, 0.2) is 59.4 Å². The highest BCUT2D eigenvalue weighted by Crippen LogP contribution is 2.25. The summed E-state index contributed by atoms with van der Waals surface area (Å²) in [6, 6.07) is 17.4. The molecule has 2 N–H and O–H groups in total. The summed E-state index contributed by atoms with van der Waals surface area (Å²) in [5.41, 5.74) is 9.23. The van der Waals surface area contributed by atoms with Gasteiger partial charge in [-0.1, -0.05) is 36.4 Å². The minimum atomic E-state index is -0.183. The van der Waals surface area contributed by atoms with Gasteiger partial charge >= 0.3 is 0 Å². The Bertz CT molecular complexity index is 990. The molecule has 0 aliphatic rings. The average Bonchev–Trinajstić information content (AvgIpc) is 2.64. The molecule has 0 saturated carbocycles. The molecule has 3 rings (SSSR count). The van der Waals surface area contributed by atoms with Crippen molar-refractivity contribution < 1.29 is 4.74 Å². The van der Waals surface area contributed by atoms with Gasteiger partial charge in [0.2, 0.25) is 5.95 Å². The fourth-order valence-corrected chi connectivity index (χ4v) is 2.47. The SMILES string of the molecule is COc1cccc(-c2cccc(C=Cc3cc(=O)n(C)c(N)n3)c2)c1. The first-order valence-electron chi connectivity index (χ1n) is 7.83. The molecule has 1 heterocycles. The van der Waals surface area contributed by atoms with Gasteiger partial charge in [-0.15, -0.1) is 0 Å². The first kappa shape index (κ1) is 16.5. The molecule has 0 aliphatic carbocycles. The number of rotatable bonds is 4. The van der Waals surface area contributed by atoms with Crippen LogP contribution in [-0.4, -0.2) is 16.7 Å². The molecule has 0 aliphatic heterocycles. The molecule has 0 saturated heterocycles. The normalized spacial score (nSPS) is 11.0. The summed E-state index contributed by atoms with van der Waals surface area (Å²) in [7, 11) is 3.25. The molecule has 0 unspecified atom stereocenters. The number of methoxy groups -OCH3 is 1. The molecule has 25 heavy (non-hydrogen) atoms. The van der Waals surface area contributed by atoms with Crippen molar-refractivity contribution in [3.05, 3.63) is 76.2 Å². The fourth-order valence-electron chi connectivity index (χ4n) is 2.47. The van der Waals surface area contributed by atoms with Crippen LogP contribution < -0.4 is 16.0 Å². The summed E-state index contributed by atoms with van der Waals surface area (Å²) in [6.45, 7) is 0. The second-order valence-electron chi connectivity index (χ2n) is 5.63. The van der Waals surface area contributed by atoms with E-state index in [-0.39, 0.29) is 11.5 Å². The van der Waals surface area contributed by atoms with Crippen molar-refractivity contribution in [3.63, 3.8) is 0 Å². The highest BCUT2D eigenvalue weighted by Gasteiger charge is 2.02. The van der Waals surface area contributed by atoms with Gasteiger partial charge in [0, 0.05) is 13.1 Å². The van der Waals surface area contributed by atoms with E-state index in [1.54, 1.807) is 20.2 Å². The maximum atomic E-state index is 11.8. The van der Waals surface area contributed by atoms with E-state index < -0.39 is 0 Å². The van der Waals surface area contributed by atoms with E-state index in [1.807, 2.05) is 48.5 Å². The van der Waals surface area contributed by atoms with Gasteiger partial charge in [-0.25, -0.2) is 4.98 Å². The summed E-state index contributed by atoms with van der Waals surface area (Å²) >= 11 is 0. The van der Waals surface area contributed by atoms with Crippen LogP contribution in [-0.2, 0) is 7.05 Å². The summed E-state index contributed by atoms with van der Waals surface area (Å²) < 4.78 is 6.58. The predicted octanol–water partition coefficient (Wildman–Crippen LogP) is 3.21. The highest BCUT2D eigenvalue weighted by molar-refractivity contribution is 5.73. The van der Waals surface area contributed by atoms with Crippen molar-refractivity contribution in [2.24, 2.45) is 7.05 Å². The zero-order chi connectivity index (χ0) is 17.8. The lowest BCUT2D eigenvalue weighted by Gasteiger charge is -2.06. The van der Waals surface area contributed by atoms with Gasteiger partial charge in [0.1, 0.15) is 5.75 Å². The van der Waals surface area contributed by atoms with E-state index in [1.165, 1.54) is 10.6 Å². The van der Waals surface area contributed by atoms with Gasteiger partial charge in [0.15, 0.2) is 0 Å². The van der Waals surface area contributed by atoms with Gasteiger partial charge in [-0.2, -0.15) is 0 Å².